The summed E-state index contributed by atoms with van der Waals surface area (Å²) >= 11 is 0. The van der Waals surface area contributed by atoms with Crippen LogP contribution in [0.4, 0.5) is 14.6 Å². The minimum Gasteiger partial charge on any atom is -0.450 e. The standard InChI is InChI=1S/C18H12F2N4O/c1-10(11-6-7-13(19)14(20)8-11)23-24-18-17-16(21-9-22-18)12-4-2-3-5-15(12)25-17/h2-9H,1H3,(H,21,22,24)/b23-10-. The molecule has 0 radical (unpaired) electrons. The molecule has 0 amide bonds. The van der Waals surface area contributed by atoms with E-state index in [4.69, 9.17) is 4.42 Å². The van der Waals surface area contributed by atoms with Crippen LogP contribution in [0.15, 0.2) is 58.3 Å². The van der Waals surface area contributed by atoms with Crippen LogP contribution in [0.2, 0.25) is 0 Å². The Kier molecular flexibility index (Phi) is 3.61. The van der Waals surface area contributed by atoms with Crippen LogP contribution in [0.25, 0.3) is 22.1 Å². The van der Waals surface area contributed by atoms with Crippen molar-refractivity contribution in [1.29, 1.82) is 0 Å². The van der Waals surface area contributed by atoms with Gasteiger partial charge in [-0.25, -0.2) is 18.7 Å². The van der Waals surface area contributed by atoms with E-state index in [2.05, 4.69) is 20.5 Å². The summed E-state index contributed by atoms with van der Waals surface area (Å²) in [6, 6.07) is 11.1. The molecule has 0 aliphatic carbocycles. The van der Waals surface area contributed by atoms with Gasteiger partial charge in [-0.3, -0.25) is 5.43 Å². The molecule has 4 rings (SSSR count). The molecule has 0 fully saturated rings. The number of hydrazone groups is 1. The highest BCUT2D eigenvalue weighted by atomic mass is 19.2. The van der Waals surface area contributed by atoms with E-state index >= 15 is 0 Å². The topological polar surface area (TPSA) is 63.3 Å². The van der Waals surface area contributed by atoms with Crippen molar-refractivity contribution in [2.75, 3.05) is 5.43 Å². The number of nitrogens with zero attached hydrogens (tertiary/aromatic N) is 3. The zero-order chi connectivity index (χ0) is 17.4. The zero-order valence-electron chi connectivity index (χ0n) is 13.1. The molecule has 1 N–H and O–H groups in total. The minimum atomic E-state index is -0.922. The first-order valence-electron chi connectivity index (χ1n) is 7.51. The molecule has 0 aliphatic heterocycles. The van der Waals surface area contributed by atoms with Crippen molar-refractivity contribution < 1.29 is 13.2 Å². The molecular formula is C18H12F2N4O. The number of furan rings is 1. The summed E-state index contributed by atoms with van der Waals surface area (Å²) in [5.41, 5.74) is 5.59. The van der Waals surface area contributed by atoms with Crippen molar-refractivity contribution >= 4 is 33.6 Å². The molecular weight excluding hydrogens is 326 g/mol. The highest BCUT2D eigenvalue weighted by molar-refractivity contribution is 6.05. The molecule has 124 valence electrons. The molecule has 5 nitrogen and oxygen atoms in total. The Labute approximate surface area is 141 Å². The third kappa shape index (κ3) is 2.69. The van der Waals surface area contributed by atoms with Gasteiger partial charge in [0.2, 0.25) is 0 Å². The molecule has 2 heterocycles. The Morgan fingerprint density at radius 3 is 2.76 bits per heavy atom. The second-order valence-corrected chi connectivity index (χ2v) is 5.44. The van der Waals surface area contributed by atoms with E-state index in [9.17, 15) is 8.78 Å². The summed E-state index contributed by atoms with van der Waals surface area (Å²) in [7, 11) is 0. The average molecular weight is 338 g/mol. The van der Waals surface area contributed by atoms with Crippen LogP contribution >= 0.6 is 0 Å². The fourth-order valence-electron chi connectivity index (χ4n) is 2.53. The number of fused-ring (bicyclic) bond motifs is 3. The van der Waals surface area contributed by atoms with Gasteiger partial charge in [-0.2, -0.15) is 5.10 Å². The number of halogens is 2. The van der Waals surface area contributed by atoms with Gasteiger partial charge in [0.25, 0.3) is 0 Å². The second-order valence-electron chi connectivity index (χ2n) is 5.44. The summed E-state index contributed by atoms with van der Waals surface area (Å²) in [4.78, 5) is 8.39. The number of rotatable bonds is 3. The molecule has 2 aromatic carbocycles. The fourth-order valence-corrected chi connectivity index (χ4v) is 2.53. The summed E-state index contributed by atoms with van der Waals surface area (Å²) in [5, 5.41) is 5.06. The first kappa shape index (κ1) is 15.2. The lowest BCUT2D eigenvalue weighted by atomic mass is 10.1. The number of anilines is 1. The summed E-state index contributed by atoms with van der Waals surface area (Å²) in [6.07, 6.45) is 1.41. The van der Waals surface area contributed by atoms with Gasteiger partial charge in [-0.15, -0.1) is 0 Å². The van der Waals surface area contributed by atoms with Crippen molar-refractivity contribution in [3.05, 3.63) is 66.0 Å². The molecule has 0 saturated carbocycles. The monoisotopic (exact) mass is 338 g/mol. The predicted octanol–water partition coefficient (Wildman–Crippen LogP) is 4.49. The van der Waals surface area contributed by atoms with Crippen LogP contribution in [-0.4, -0.2) is 15.7 Å². The smallest absolute Gasteiger partial charge is 0.197 e. The summed E-state index contributed by atoms with van der Waals surface area (Å²) in [6.45, 7) is 1.68. The summed E-state index contributed by atoms with van der Waals surface area (Å²) < 4.78 is 32.2. The van der Waals surface area contributed by atoms with E-state index in [1.165, 1.54) is 12.4 Å². The number of aromatic nitrogens is 2. The fraction of sp³-hybridized carbons (Fsp3) is 0.0556. The van der Waals surface area contributed by atoms with Crippen LogP contribution in [0, 0.1) is 11.6 Å². The average Bonchev–Trinajstić information content (AvgIpc) is 3.01. The largest absolute Gasteiger partial charge is 0.450 e. The van der Waals surface area contributed by atoms with E-state index in [-0.39, 0.29) is 0 Å². The second kappa shape index (κ2) is 5.94. The predicted molar refractivity (Wildman–Crippen MR) is 91.5 cm³/mol. The number of benzene rings is 2. The highest BCUT2D eigenvalue weighted by Gasteiger charge is 2.12. The maximum absolute atomic E-state index is 13.3. The van der Waals surface area contributed by atoms with Gasteiger partial charge in [-0.1, -0.05) is 12.1 Å². The molecule has 25 heavy (non-hydrogen) atoms. The van der Waals surface area contributed by atoms with Crippen molar-refractivity contribution in [3.8, 4) is 0 Å². The highest BCUT2D eigenvalue weighted by Crippen LogP contribution is 2.30. The van der Waals surface area contributed by atoms with Gasteiger partial charge < -0.3 is 4.42 Å². The van der Waals surface area contributed by atoms with Crippen LogP contribution in [0.5, 0.6) is 0 Å². The quantitative estimate of drug-likeness (QED) is 0.441. The van der Waals surface area contributed by atoms with Crippen molar-refractivity contribution in [2.45, 2.75) is 6.92 Å². The number of hydrogen-bond donors (Lipinski definition) is 1. The third-order valence-corrected chi connectivity index (χ3v) is 3.82. The van der Waals surface area contributed by atoms with E-state index in [0.717, 1.165) is 17.5 Å². The number of para-hydroxylation sites is 1. The van der Waals surface area contributed by atoms with Gasteiger partial charge in [0.1, 0.15) is 17.4 Å². The zero-order valence-corrected chi connectivity index (χ0v) is 13.1. The lowest BCUT2D eigenvalue weighted by molar-refractivity contribution is 0.508. The molecule has 4 aromatic rings. The maximum Gasteiger partial charge on any atom is 0.197 e. The lowest BCUT2D eigenvalue weighted by Crippen LogP contribution is -2.02. The SMILES string of the molecule is C/C(=N/Nc1ncnc2c1oc1ccccc12)c1ccc(F)c(F)c1. The third-order valence-electron chi connectivity index (χ3n) is 3.82. The summed E-state index contributed by atoms with van der Waals surface area (Å²) in [5.74, 6) is -1.43. The van der Waals surface area contributed by atoms with E-state index in [1.807, 2.05) is 24.3 Å². The number of hydrogen-bond acceptors (Lipinski definition) is 5. The molecule has 0 bridgehead atoms. The van der Waals surface area contributed by atoms with Gasteiger partial charge in [-0.05, 0) is 37.3 Å². The van der Waals surface area contributed by atoms with E-state index < -0.39 is 11.6 Å². The Bertz CT molecular complexity index is 1120. The van der Waals surface area contributed by atoms with Crippen LogP contribution < -0.4 is 5.43 Å². The normalized spacial score (nSPS) is 12.0. The Balaban J connectivity index is 1.71. The molecule has 0 saturated heterocycles. The van der Waals surface area contributed by atoms with Crippen molar-refractivity contribution in [1.82, 2.24) is 9.97 Å². The Hall–Kier alpha value is -3.35. The molecule has 0 aliphatic rings. The minimum absolute atomic E-state index is 0.392. The maximum atomic E-state index is 13.3. The molecule has 0 spiro atoms. The number of nitrogens with one attached hydrogen (secondary N) is 1. The first-order valence-corrected chi connectivity index (χ1v) is 7.51. The van der Waals surface area contributed by atoms with Crippen LogP contribution in [0.1, 0.15) is 12.5 Å². The molecule has 0 unspecified atom stereocenters. The van der Waals surface area contributed by atoms with E-state index in [0.29, 0.717) is 33.8 Å². The van der Waals surface area contributed by atoms with Crippen LogP contribution in [0.3, 0.4) is 0 Å². The van der Waals surface area contributed by atoms with Gasteiger partial charge >= 0.3 is 0 Å². The molecule has 2 aromatic heterocycles. The van der Waals surface area contributed by atoms with Crippen molar-refractivity contribution in [2.24, 2.45) is 5.10 Å². The van der Waals surface area contributed by atoms with E-state index in [1.54, 1.807) is 6.92 Å². The van der Waals surface area contributed by atoms with Gasteiger partial charge in [0, 0.05) is 10.9 Å². The molecule has 7 heteroatoms. The molecule has 0 atom stereocenters. The first-order chi connectivity index (χ1) is 12.1. The Morgan fingerprint density at radius 1 is 1.08 bits per heavy atom. The van der Waals surface area contributed by atoms with Crippen LogP contribution in [-0.2, 0) is 0 Å². The lowest BCUT2D eigenvalue weighted by Gasteiger charge is -2.04. The van der Waals surface area contributed by atoms with Crippen molar-refractivity contribution in [3.63, 3.8) is 0 Å². The van der Waals surface area contributed by atoms with Gasteiger partial charge in [0.05, 0.1) is 5.71 Å². The Morgan fingerprint density at radius 2 is 1.92 bits per heavy atom. The van der Waals surface area contributed by atoms with Gasteiger partial charge in [0.15, 0.2) is 23.0 Å².